The molecule has 196 valence electrons. The topological polar surface area (TPSA) is 107 Å². The fourth-order valence-electron chi connectivity index (χ4n) is 4.20. The number of hydrogen-bond donors (Lipinski definition) is 3. The third-order valence-electron chi connectivity index (χ3n) is 6.53. The number of carbonyl (C=O) groups is 2. The maximum atomic E-state index is 13.4. The van der Waals surface area contributed by atoms with Crippen molar-refractivity contribution in [2.75, 3.05) is 18.4 Å². The van der Waals surface area contributed by atoms with Crippen molar-refractivity contribution in [1.82, 2.24) is 20.2 Å². The van der Waals surface area contributed by atoms with E-state index in [1.165, 1.54) is 12.3 Å². The summed E-state index contributed by atoms with van der Waals surface area (Å²) in [6.07, 6.45) is -1.25. The van der Waals surface area contributed by atoms with Crippen molar-refractivity contribution in [2.24, 2.45) is 0 Å². The Hall–Kier alpha value is -2.73. The molecule has 3 heterocycles. The second-order valence-corrected chi connectivity index (χ2v) is 11.3. The maximum Gasteiger partial charge on any atom is 0.411 e. The lowest BCUT2D eigenvalue weighted by Crippen LogP contribution is -2.38. The molecule has 0 unspecified atom stereocenters. The van der Waals surface area contributed by atoms with Gasteiger partial charge < -0.3 is 20.6 Å². The van der Waals surface area contributed by atoms with E-state index in [-0.39, 0.29) is 47.9 Å². The van der Waals surface area contributed by atoms with Gasteiger partial charge in [0.25, 0.3) is 11.8 Å². The summed E-state index contributed by atoms with van der Waals surface area (Å²) in [7, 11) is 0. The summed E-state index contributed by atoms with van der Waals surface area (Å²) in [5.41, 5.74) is -1.84. The largest absolute Gasteiger partial charge is 0.411 e. The summed E-state index contributed by atoms with van der Waals surface area (Å²) in [6, 6.07) is 1.55. The van der Waals surface area contributed by atoms with Crippen LogP contribution in [-0.4, -0.2) is 68.2 Å². The highest BCUT2D eigenvalue weighted by Gasteiger charge is 2.63. The third kappa shape index (κ3) is 5.34. The van der Waals surface area contributed by atoms with E-state index >= 15 is 0 Å². The number of carbonyl (C=O) groups excluding carboxylic acids is 2. The average molecular weight is 526 g/mol. The number of likely N-dealkylation sites (tertiary alicyclic amines) is 1. The Morgan fingerprint density at radius 3 is 2.53 bits per heavy atom. The normalized spacial score (nSPS) is 19.3. The number of aliphatic hydroxyl groups is 1. The van der Waals surface area contributed by atoms with Gasteiger partial charge in [-0.05, 0) is 65.0 Å². The summed E-state index contributed by atoms with van der Waals surface area (Å²) in [4.78, 5) is 36.9. The zero-order chi connectivity index (χ0) is 26.5. The van der Waals surface area contributed by atoms with E-state index in [9.17, 15) is 27.9 Å². The zero-order valence-electron chi connectivity index (χ0n) is 20.6. The lowest BCUT2D eigenvalue weighted by molar-refractivity contribution is -0.151. The van der Waals surface area contributed by atoms with E-state index in [0.29, 0.717) is 22.5 Å². The molecule has 1 aliphatic heterocycles. The fraction of sp³-hybridized carbons (Fsp3) is 0.583. The van der Waals surface area contributed by atoms with Crippen molar-refractivity contribution in [3.8, 4) is 10.4 Å². The summed E-state index contributed by atoms with van der Waals surface area (Å²) in [5.74, 6) is -0.732. The van der Waals surface area contributed by atoms with E-state index in [4.69, 9.17) is 0 Å². The van der Waals surface area contributed by atoms with Gasteiger partial charge in [-0.1, -0.05) is 0 Å². The van der Waals surface area contributed by atoms with Crippen LogP contribution >= 0.6 is 11.3 Å². The highest BCUT2D eigenvalue weighted by atomic mass is 32.1. The van der Waals surface area contributed by atoms with E-state index in [0.717, 1.165) is 24.2 Å². The Labute approximate surface area is 211 Å². The maximum absolute atomic E-state index is 13.4. The molecule has 0 spiro atoms. The van der Waals surface area contributed by atoms with Crippen LogP contribution < -0.4 is 10.6 Å². The lowest BCUT2D eigenvalue weighted by atomic mass is 10.1. The number of anilines is 1. The number of aromatic nitrogens is 2. The summed E-state index contributed by atoms with van der Waals surface area (Å²) >= 11 is 1.02. The van der Waals surface area contributed by atoms with Crippen molar-refractivity contribution in [2.45, 2.75) is 76.7 Å². The molecule has 2 fully saturated rings. The second-order valence-electron chi connectivity index (χ2n) is 10.3. The predicted octanol–water partition coefficient (Wildman–Crippen LogP) is 4.15. The van der Waals surface area contributed by atoms with Crippen LogP contribution in [0.2, 0.25) is 0 Å². The highest BCUT2D eigenvalue weighted by molar-refractivity contribution is 7.17. The molecule has 0 aromatic carbocycles. The minimum atomic E-state index is -4.38. The Morgan fingerprint density at radius 1 is 1.31 bits per heavy atom. The van der Waals surface area contributed by atoms with Gasteiger partial charge >= 0.3 is 6.18 Å². The molecule has 36 heavy (non-hydrogen) atoms. The molecule has 0 radical (unpaired) electrons. The van der Waals surface area contributed by atoms with Gasteiger partial charge in [-0.15, -0.1) is 11.3 Å². The monoisotopic (exact) mass is 525 g/mol. The molecule has 1 saturated heterocycles. The van der Waals surface area contributed by atoms with Crippen LogP contribution in [0.5, 0.6) is 0 Å². The van der Waals surface area contributed by atoms with Crippen molar-refractivity contribution >= 4 is 29.0 Å². The second kappa shape index (κ2) is 9.29. The third-order valence-corrected chi connectivity index (χ3v) is 7.62. The lowest BCUT2D eigenvalue weighted by Gasteiger charge is -2.22. The number of nitrogens with zero attached hydrogens (tertiary/aromatic N) is 3. The highest BCUT2D eigenvalue weighted by Crippen LogP contribution is 2.51. The molecule has 1 atom stereocenters. The number of alkyl halides is 3. The van der Waals surface area contributed by atoms with Gasteiger partial charge in [-0.25, -0.2) is 9.97 Å². The van der Waals surface area contributed by atoms with Crippen molar-refractivity contribution in [3.05, 3.63) is 28.5 Å². The van der Waals surface area contributed by atoms with Crippen molar-refractivity contribution in [3.63, 3.8) is 0 Å². The number of amides is 2. The summed E-state index contributed by atoms with van der Waals surface area (Å²) < 4.78 is 40.1. The summed E-state index contributed by atoms with van der Waals surface area (Å²) in [5, 5.41) is 15.1. The molecule has 8 nitrogen and oxygen atoms in total. The molecular formula is C24H30F3N5O3S. The molecule has 2 aliphatic rings. The number of nitrogens with one attached hydrogen (secondary N) is 2. The molecule has 3 N–H and O–H groups in total. The summed E-state index contributed by atoms with van der Waals surface area (Å²) in [6.45, 7) is 7.36. The van der Waals surface area contributed by atoms with Crippen LogP contribution in [0.25, 0.3) is 10.4 Å². The number of pyridine rings is 1. The Kier molecular flexibility index (Phi) is 6.80. The molecule has 2 amide bonds. The first-order chi connectivity index (χ1) is 16.7. The minimum Gasteiger partial charge on any atom is -0.389 e. The van der Waals surface area contributed by atoms with E-state index in [1.807, 2.05) is 6.92 Å². The van der Waals surface area contributed by atoms with E-state index < -0.39 is 23.2 Å². The smallest absolute Gasteiger partial charge is 0.389 e. The molecule has 0 bridgehead atoms. The van der Waals surface area contributed by atoms with Crippen LogP contribution in [0.1, 0.15) is 72.3 Å². The first-order valence-electron chi connectivity index (χ1n) is 11.8. The number of aryl methyl sites for hydroxylation is 1. The molecular weight excluding hydrogens is 495 g/mol. The van der Waals surface area contributed by atoms with Crippen LogP contribution in [0, 0.1) is 6.92 Å². The number of rotatable bonds is 7. The van der Waals surface area contributed by atoms with Crippen molar-refractivity contribution < 1.29 is 27.9 Å². The quantitative estimate of drug-likeness (QED) is 0.502. The standard InChI is InChI=1S/C24H30F3N5O3S/c1-13-10-16(31-23(7-8-23)24(25,26)27)28-11-15(13)18-17(21(34)32-9-5-6-14(32)2)30-20(36-18)19(33)29-12-22(3,4)35/h10-11,14,35H,5-9,12H2,1-4H3,(H,28,31)(H,29,33)/t14-/m0/s1. The first kappa shape index (κ1) is 26.3. The van der Waals surface area contributed by atoms with Gasteiger partial charge in [0.1, 0.15) is 17.1 Å². The number of thiazole rings is 1. The van der Waals surface area contributed by atoms with Crippen molar-refractivity contribution in [1.29, 1.82) is 0 Å². The zero-order valence-corrected chi connectivity index (χ0v) is 21.4. The molecule has 4 rings (SSSR count). The van der Waals surface area contributed by atoms with E-state index in [2.05, 4.69) is 20.6 Å². The average Bonchev–Trinajstić information content (AvgIpc) is 3.24. The molecule has 2 aromatic heterocycles. The number of halogens is 3. The van der Waals surface area contributed by atoms with Gasteiger partial charge in [0.15, 0.2) is 5.01 Å². The van der Waals surface area contributed by atoms with Crippen LogP contribution in [0.15, 0.2) is 12.3 Å². The minimum absolute atomic E-state index is 0.00487. The first-order valence-corrected chi connectivity index (χ1v) is 12.7. The molecule has 1 aliphatic carbocycles. The Bertz CT molecular complexity index is 1170. The molecule has 12 heteroatoms. The van der Waals surface area contributed by atoms with Gasteiger partial charge in [-0.3, -0.25) is 9.59 Å². The van der Waals surface area contributed by atoms with Gasteiger partial charge in [0, 0.05) is 30.9 Å². The fourth-order valence-corrected chi connectivity index (χ4v) is 5.25. The number of hydrogen-bond acceptors (Lipinski definition) is 7. The molecule has 1 saturated carbocycles. The van der Waals surface area contributed by atoms with Gasteiger partial charge in [0.05, 0.1) is 10.5 Å². The Balaban J connectivity index is 1.68. The predicted molar refractivity (Wildman–Crippen MR) is 130 cm³/mol. The molecule has 2 aromatic rings. The van der Waals surface area contributed by atoms with Crippen LogP contribution in [0.4, 0.5) is 19.0 Å². The van der Waals surface area contributed by atoms with Gasteiger partial charge in [-0.2, -0.15) is 13.2 Å². The van der Waals surface area contributed by atoms with Crippen LogP contribution in [0.3, 0.4) is 0 Å². The SMILES string of the molecule is Cc1cc(NC2(C(F)(F)F)CC2)ncc1-c1sc(C(=O)NCC(C)(C)O)nc1C(=O)N1CCC[C@@H]1C. The van der Waals surface area contributed by atoms with E-state index in [1.54, 1.807) is 25.7 Å². The van der Waals surface area contributed by atoms with Crippen LogP contribution in [-0.2, 0) is 0 Å². The van der Waals surface area contributed by atoms with Gasteiger partial charge in [0.2, 0.25) is 0 Å². The Morgan fingerprint density at radius 2 is 2.00 bits per heavy atom.